The summed E-state index contributed by atoms with van der Waals surface area (Å²) in [4.78, 5) is 12.4. The molecule has 0 spiro atoms. The fraction of sp³-hybridized carbons (Fsp3) is 0.240. The van der Waals surface area contributed by atoms with E-state index in [1.165, 1.54) is 0 Å². The second-order valence-corrected chi connectivity index (χ2v) is 7.00. The van der Waals surface area contributed by atoms with Crippen LogP contribution < -0.4 is 10.1 Å². The van der Waals surface area contributed by atoms with Gasteiger partial charge in [-0.3, -0.25) is 4.79 Å². The summed E-state index contributed by atoms with van der Waals surface area (Å²) in [5.74, 6) is 0.330. The lowest BCUT2D eigenvalue weighted by atomic mass is 10.1. The Bertz CT molecular complexity index is 1100. The maximum Gasteiger partial charge on any atom is 0.262 e. The molecule has 0 radical (unpaired) electrons. The molecule has 0 atom stereocenters. The number of nitrogens with one attached hydrogen (secondary N) is 1. The molecule has 32 heavy (non-hydrogen) atoms. The Labute approximate surface area is 187 Å². The Morgan fingerprint density at radius 3 is 2.56 bits per heavy atom. The van der Waals surface area contributed by atoms with Gasteiger partial charge in [-0.05, 0) is 48.9 Å². The molecule has 0 aliphatic rings. The molecule has 2 aromatic carbocycles. The predicted molar refractivity (Wildman–Crippen MR) is 123 cm³/mol. The van der Waals surface area contributed by atoms with Gasteiger partial charge >= 0.3 is 0 Å². The first-order valence-electron chi connectivity index (χ1n) is 10.4. The number of para-hydroxylation sites is 1. The number of benzene rings is 2. The number of carbonyl (C=O) groups excluding carboxylic acids is 1. The number of nitrogens with zero attached hydrogens (tertiary/aromatic N) is 3. The van der Waals surface area contributed by atoms with E-state index < -0.39 is 5.91 Å². The summed E-state index contributed by atoms with van der Waals surface area (Å²) in [7, 11) is 1.55. The SMILES string of the molecule is CCCOc1ccc(-c2nn(-c3ccccc3)cc2C=C(C#N)C(=O)NCCOC)cc1. The van der Waals surface area contributed by atoms with E-state index in [1.807, 2.05) is 66.9 Å². The molecule has 0 saturated heterocycles. The third-order valence-corrected chi connectivity index (χ3v) is 4.62. The molecule has 164 valence electrons. The highest BCUT2D eigenvalue weighted by Crippen LogP contribution is 2.27. The lowest BCUT2D eigenvalue weighted by Gasteiger charge is -2.06. The lowest BCUT2D eigenvalue weighted by Crippen LogP contribution is -2.27. The van der Waals surface area contributed by atoms with Crippen molar-refractivity contribution in [2.24, 2.45) is 0 Å². The molecular weight excluding hydrogens is 404 g/mol. The van der Waals surface area contributed by atoms with Gasteiger partial charge in [-0.2, -0.15) is 10.4 Å². The Kier molecular flexibility index (Phi) is 8.18. The van der Waals surface area contributed by atoms with Crippen molar-refractivity contribution < 1.29 is 14.3 Å². The van der Waals surface area contributed by atoms with Crippen LogP contribution in [0.25, 0.3) is 23.0 Å². The van der Waals surface area contributed by atoms with Crippen molar-refractivity contribution >= 4 is 12.0 Å². The zero-order chi connectivity index (χ0) is 22.8. The first kappa shape index (κ1) is 22.8. The van der Waals surface area contributed by atoms with E-state index in [4.69, 9.17) is 14.6 Å². The number of ether oxygens (including phenoxy) is 2. The lowest BCUT2D eigenvalue weighted by molar-refractivity contribution is -0.117. The number of hydrogen-bond donors (Lipinski definition) is 1. The standard InChI is InChI=1S/C25H26N4O3/c1-3-14-32-23-11-9-19(10-12-23)24-21(16-20(17-26)25(30)27-13-15-31-2)18-29(28-24)22-7-5-4-6-8-22/h4-12,16,18H,3,13-15H2,1-2H3,(H,27,30). The minimum atomic E-state index is -0.453. The molecule has 1 aromatic heterocycles. The average Bonchev–Trinajstić information content (AvgIpc) is 3.26. The third-order valence-electron chi connectivity index (χ3n) is 4.62. The molecule has 0 saturated carbocycles. The van der Waals surface area contributed by atoms with Gasteiger partial charge in [-0.15, -0.1) is 0 Å². The van der Waals surface area contributed by atoms with E-state index in [2.05, 4.69) is 12.2 Å². The Hall–Kier alpha value is -3.89. The van der Waals surface area contributed by atoms with Gasteiger partial charge in [0.25, 0.3) is 5.91 Å². The average molecular weight is 431 g/mol. The quantitative estimate of drug-likeness (QED) is 0.298. The topological polar surface area (TPSA) is 89.2 Å². The minimum absolute atomic E-state index is 0.00198. The summed E-state index contributed by atoms with van der Waals surface area (Å²) < 4.78 is 12.4. The van der Waals surface area contributed by atoms with Crippen LogP contribution in [0, 0.1) is 11.3 Å². The number of hydrogen-bond acceptors (Lipinski definition) is 5. The van der Waals surface area contributed by atoms with Gasteiger partial charge < -0.3 is 14.8 Å². The van der Waals surface area contributed by atoms with Crippen molar-refractivity contribution in [2.75, 3.05) is 26.9 Å². The summed E-state index contributed by atoms with van der Waals surface area (Å²) >= 11 is 0. The predicted octanol–water partition coefficient (Wildman–Crippen LogP) is 4.00. The van der Waals surface area contributed by atoms with Gasteiger partial charge in [0.1, 0.15) is 17.4 Å². The highest BCUT2D eigenvalue weighted by Gasteiger charge is 2.15. The zero-order valence-corrected chi connectivity index (χ0v) is 18.2. The van der Waals surface area contributed by atoms with E-state index in [0.717, 1.165) is 23.4 Å². The molecule has 3 rings (SSSR count). The minimum Gasteiger partial charge on any atom is -0.494 e. The largest absolute Gasteiger partial charge is 0.494 e. The molecule has 7 nitrogen and oxygen atoms in total. The smallest absolute Gasteiger partial charge is 0.262 e. The molecule has 0 fully saturated rings. The molecule has 0 unspecified atom stereocenters. The summed E-state index contributed by atoms with van der Waals surface area (Å²) in [5, 5.41) is 17.0. The molecule has 0 bridgehead atoms. The molecule has 1 amide bonds. The maximum atomic E-state index is 12.4. The van der Waals surface area contributed by atoms with Crippen LogP contribution in [0.1, 0.15) is 18.9 Å². The van der Waals surface area contributed by atoms with Gasteiger partial charge in [-0.25, -0.2) is 4.68 Å². The highest BCUT2D eigenvalue weighted by atomic mass is 16.5. The molecule has 3 aromatic rings. The van der Waals surface area contributed by atoms with E-state index in [-0.39, 0.29) is 5.57 Å². The van der Waals surface area contributed by atoms with Crippen molar-refractivity contribution in [2.45, 2.75) is 13.3 Å². The van der Waals surface area contributed by atoms with Crippen molar-refractivity contribution in [3.05, 3.63) is 71.9 Å². The summed E-state index contributed by atoms with van der Waals surface area (Å²) in [5.41, 5.74) is 3.05. The zero-order valence-electron chi connectivity index (χ0n) is 18.2. The van der Waals surface area contributed by atoms with Crippen LogP contribution in [0.2, 0.25) is 0 Å². The first-order valence-corrected chi connectivity index (χ1v) is 10.4. The molecule has 7 heteroatoms. The van der Waals surface area contributed by atoms with E-state index in [1.54, 1.807) is 17.9 Å². The monoisotopic (exact) mass is 430 g/mol. The van der Waals surface area contributed by atoms with Crippen LogP contribution in [-0.4, -0.2) is 42.6 Å². The normalized spacial score (nSPS) is 11.1. The van der Waals surface area contributed by atoms with Crippen LogP contribution in [0.3, 0.4) is 0 Å². The Balaban J connectivity index is 1.99. The van der Waals surface area contributed by atoms with Crippen LogP contribution in [0.4, 0.5) is 0 Å². The van der Waals surface area contributed by atoms with Gasteiger partial charge in [-0.1, -0.05) is 25.1 Å². The summed E-state index contributed by atoms with van der Waals surface area (Å²) in [6.07, 6.45) is 4.30. The Morgan fingerprint density at radius 1 is 1.16 bits per heavy atom. The second kappa shape index (κ2) is 11.5. The molecule has 0 aliphatic carbocycles. The van der Waals surface area contributed by atoms with Gasteiger partial charge in [0, 0.05) is 31.0 Å². The van der Waals surface area contributed by atoms with Gasteiger partial charge in [0.05, 0.1) is 24.6 Å². The van der Waals surface area contributed by atoms with Crippen LogP contribution in [-0.2, 0) is 9.53 Å². The number of nitriles is 1. The van der Waals surface area contributed by atoms with Crippen LogP contribution in [0.5, 0.6) is 5.75 Å². The maximum absolute atomic E-state index is 12.4. The Morgan fingerprint density at radius 2 is 1.91 bits per heavy atom. The number of rotatable bonds is 10. The van der Waals surface area contributed by atoms with Crippen molar-refractivity contribution in [1.29, 1.82) is 5.26 Å². The molecule has 0 aliphatic heterocycles. The fourth-order valence-corrected chi connectivity index (χ4v) is 3.03. The number of methoxy groups -OCH3 is 1. The number of carbonyl (C=O) groups is 1. The molecule has 1 heterocycles. The fourth-order valence-electron chi connectivity index (χ4n) is 3.03. The third kappa shape index (κ3) is 5.84. The van der Waals surface area contributed by atoms with Gasteiger partial charge in [0.2, 0.25) is 0 Å². The van der Waals surface area contributed by atoms with Crippen LogP contribution >= 0.6 is 0 Å². The van der Waals surface area contributed by atoms with Gasteiger partial charge in [0.15, 0.2) is 0 Å². The number of aromatic nitrogens is 2. The molecule has 1 N–H and O–H groups in total. The van der Waals surface area contributed by atoms with E-state index in [0.29, 0.717) is 31.0 Å². The first-order chi connectivity index (χ1) is 15.7. The van der Waals surface area contributed by atoms with E-state index >= 15 is 0 Å². The molecular formula is C25H26N4O3. The van der Waals surface area contributed by atoms with Crippen molar-refractivity contribution in [3.63, 3.8) is 0 Å². The summed E-state index contributed by atoms with van der Waals surface area (Å²) in [6.45, 7) is 3.40. The second-order valence-electron chi connectivity index (χ2n) is 7.00. The summed E-state index contributed by atoms with van der Waals surface area (Å²) in [6, 6.07) is 19.3. The van der Waals surface area contributed by atoms with Crippen LogP contribution in [0.15, 0.2) is 66.4 Å². The highest BCUT2D eigenvalue weighted by molar-refractivity contribution is 6.02. The van der Waals surface area contributed by atoms with Crippen molar-refractivity contribution in [3.8, 4) is 28.8 Å². The van der Waals surface area contributed by atoms with Crippen molar-refractivity contribution in [1.82, 2.24) is 15.1 Å². The number of amides is 1. The van der Waals surface area contributed by atoms with E-state index in [9.17, 15) is 10.1 Å².